The Balaban J connectivity index is 1.87. The number of hydrogen-bond donors (Lipinski definition) is 1. The second-order valence-electron chi connectivity index (χ2n) is 5.83. The monoisotopic (exact) mass is 415 g/mol. The van der Waals surface area contributed by atoms with E-state index in [4.69, 9.17) is 4.74 Å². The highest BCUT2D eigenvalue weighted by Gasteiger charge is 2.24. The maximum Gasteiger partial charge on any atom is 0.341 e. The number of amides is 1. The highest BCUT2D eigenvalue weighted by molar-refractivity contribution is 7.92. The highest BCUT2D eigenvalue weighted by Crippen LogP contribution is 2.36. The topological polar surface area (TPSA) is 89.5 Å². The molecule has 0 unspecified atom stereocenters. The Labute approximate surface area is 166 Å². The summed E-state index contributed by atoms with van der Waals surface area (Å²) in [5.41, 5.74) is 1.60. The molecule has 28 heavy (non-hydrogen) atoms. The standard InChI is InChI=1S/C20H17NO5S2/c1-26-20(23)18-16(14-8-4-2-5-9-14)12-27-19(18)21-17(22)13-28(24,25)15-10-6-3-7-11-15/h2-12H,13H2,1H3,(H,21,22). The minimum absolute atomic E-state index is 0.0643. The molecule has 0 bridgehead atoms. The molecule has 0 spiro atoms. The molecule has 0 aliphatic carbocycles. The number of methoxy groups -OCH3 is 1. The van der Waals surface area contributed by atoms with Crippen LogP contribution in [0.25, 0.3) is 11.1 Å². The van der Waals surface area contributed by atoms with Gasteiger partial charge in [0.1, 0.15) is 16.3 Å². The second-order valence-corrected chi connectivity index (χ2v) is 8.70. The number of thiophene rings is 1. The molecule has 6 nitrogen and oxygen atoms in total. The predicted molar refractivity (Wildman–Crippen MR) is 108 cm³/mol. The van der Waals surface area contributed by atoms with Crippen LogP contribution in [0, 0.1) is 0 Å². The Morgan fingerprint density at radius 2 is 1.61 bits per heavy atom. The van der Waals surface area contributed by atoms with E-state index in [1.165, 1.54) is 19.2 Å². The van der Waals surface area contributed by atoms with E-state index in [9.17, 15) is 18.0 Å². The van der Waals surface area contributed by atoms with Gasteiger partial charge in [-0.1, -0.05) is 48.5 Å². The summed E-state index contributed by atoms with van der Waals surface area (Å²) < 4.78 is 29.6. The summed E-state index contributed by atoms with van der Waals surface area (Å²) in [5, 5.41) is 4.52. The summed E-state index contributed by atoms with van der Waals surface area (Å²) in [6.07, 6.45) is 0. The van der Waals surface area contributed by atoms with Gasteiger partial charge < -0.3 is 10.1 Å². The van der Waals surface area contributed by atoms with E-state index in [-0.39, 0.29) is 15.5 Å². The molecule has 0 aliphatic rings. The van der Waals surface area contributed by atoms with E-state index in [0.29, 0.717) is 5.56 Å². The van der Waals surface area contributed by atoms with Crippen molar-refractivity contribution in [2.75, 3.05) is 18.2 Å². The van der Waals surface area contributed by atoms with Crippen LogP contribution in [0.4, 0.5) is 5.00 Å². The molecule has 1 amide bonds. The first kappa shape index (κ1) is 19.8. The van der Waals surface area contributed by atoms with E-state index < -0.39 is 27.5 Å². The molecule has 0 fully saturated rings. The molecule has 1 N–H and O–H groups in total. The van der Waals surface area contributed by atoms with E-state index in [0.717, 1.165) is 16.9 Å². The van der Waals surface area contributed by atoms with Crippen molar-refractivity contribution in [2.45, 2.75) is 4.90 Å². The van der Waals surface area contributed by atoms with Crippen LogP contribution < -0.4 is 5.32 Å². The number of benzene rings is 2. The lowest BCUT2D eigenvalue weighted by molar-refractivity contribution is -0.113. The number of nitrogens with one attached hydrogen (secondary N) is 1. The lowest BCUT2D eigenvalue weighted by atomic mass is 10.0. The molecule has 0 saturated heterocycles. The van der Waals surface area contributed by atoms with Gasteiger partial charge in [-0.2, -0.15) is 0 Å². The van der Waals surface area contributed by atoms with Crippen LogP contribution in [-0.4, -0.2) is 33.2 Å². The summed E-state index contributed by atoms with van der Waals surface area (Å²) in [4.78, 5) is 24.7. The van der Waals surface area contributed by atoms with Crippen LogP contribution in [0.1, 0.15) is 10.4 Å². The fourth-order valence-corrected chi connectivity index (χ4v) is 4.76. The minimum Gasteiger partial charge on any atom is -0.465 e. The Hall–Kier alpha value is -2.97. The van der Waals surface area contributed by atoms with Gasteiger partial charge in [0.25, 0.3) is 0 Å². The van der Waals surface area contributed by atoms with E-state index in [1.54, 1.807) is 23.6 Å². The van der Waals surface area contributed by atoms with Gasteiger partial charge in [-0.05, 0) is 17.7 Å². The third kappa shape index (κ3) is 4.29. The van der Waals surface area contributed by atoms with Crippen molar-refractivity contribution in [3.8, 4) is 11.1 Å². The lowest BCUT2D eigenvalue weighted by Crippen LogP contribution is -2.23. The van der Waals surface area contributed by atoms with Gasteiger partial charge >= 0.3 is 5.97 Å². The molecule has 0 aliphatic heterocycles. The van der Waals surface area contributed by atoms with Gasteiger partial charge in [-0.3, -0.25) is 4.79 Å². The van der Waals surface area contributed by atoms with Gasteiger partial charge in [0.05, 0.1) is 12.0 Å². The van der Waals surface area contributed by atoms with Gasteiger partial charge in [-0.15, -0.1) is 11.3 Å². The highest BCUT2D eigenvalue weighted by atomic mass is 32.2. The molecular formula is C20H17NO5S2. The van der Waals surface area contributed by atoms with Crippen molar-refractivity contribution < 1.29 is 22.7 Å². The average molecular weight is 415 g/mol. The molecule has 3 aromatic rings. The molecule has 0 saturated carbocycles. The Morgan fingerprint density at radius 1 is 1.00 bits per heavy atom. The molecule has 0 radical (unpaired) electrons. The largest absolute Gasteiger partial charge is 0.465 e. The van der Waals surface area contributed by atoms with Crippen molar-refractivity contribution in [1.82, 2.24) is 0 Å². The van der Waals surface area contributed by atoms with E-state index >= 15 is 0 Å². The first-order valence-electron chi connectivity index (χ1n) is 8.25. The summed E-state index contributed by atoms with van der Waals surface area (Å²) in [6.45, 7) is 0. The molecule has 1 heterocycles. The maximum atomic E-state index is 12.4. The fraction of sp³-hybridized carbons (Fsp3) is 0.100. The average Bonchev–Trinajstić information content (AvgIpc) is 3.11. The predicted octanol–water partition coefficient (Wildman–Crippen LogP) is 3.61. The van der Waals surface area contributed by atoms with E-state index in [1.807, 2.05) is 30.3 Å². The molecule has 144 valence electrons. The first-order chi connectivity index (χ1) is 13.4. The van der Waals surface area contributed by atoms with Crippen molar-refractivity contribution >= 4 is 38.1 Å². The zero-order chi connectivity index (χ0) is 20.1. The fourth-order valence-electron chi connectivity index (χ4n) is 2.63. The summed E-state index contributed by atoms with van der Waals surface area (Å²) >= 11 is 1.14. The van der Waals surface area contributed by atoms with Gasteiger partial charge in [0.15, 0.2) is 9.84 Å². The number of sulfone groups is 1. The van der Waals surface area contributed by atoms with Gasteiger partial charge in [0.2, 0.25) is 5.91 Å². The number of hydrogen-bond acceptors (Lipinski definition) is 6. The second kappa shape index (κ2) is 8.37. The van der Waals surface area contributed by atoms with Gasteiger partial charge in [-0.25, -0.2) is 13.2 Å². The number of esters is 1. The Kier molecular flexibility index (Phi) is 5.91. The summed E-state index contributed by atoms with van der Waals surface area (Å²) in [7, 11) is -2.54. The number of anilines is 1. The van der Waals surface area contributed by atoms with Crippen molar-refractivity contribution in [1.29, 1.82) is 0 Å². The van der Waals surface area contributed by atoms with Crippen LogP contribution in [0.5, 0.6) is 0 Å². The molecule has 0 atom stereocenters. The number of ether oxygens (including phenoxy) is 1. The normalized spacial score (nSPS) is 11.0. The lowest BCUT2D eigenvalue weighted by Gasteiger charge is -2.08. The summed E-state index contributed by atoms with van der Waals surface area (Å²) in [5.74, 6) is -2.06. The Bertz CT molecular complexity index is 1090. The number of carbonyl (C=O) groups excluding carboxylic acids is 2. The van der Waals surface area contributed by atoms with Gasteiger partial charge in [0, 0.05) is 10.9 Å². The molecular weight excluding hydrogens is 398 g/mol. The SMILES string of the molecule is COC(=O)c1c(-c2ccccc2)csc1NC(=O)CS(=O)(=O)c1ccccc1. The van der Waals surface area contributed by atoms with Crippen molar-refractivity contribution in [3.63, 3.8) is 0 Å². The zero-order valence-corrected chi connectivity index (χ0v) is 16.5. The van der Waals surface area contributed by atoms with Crippen molar-refractivity contribution in [3.05, 3.63) is 71.6 Å². The maximum absolute atomic E-state index is 12.4. The third-order valence-corrected chi connectivity index (χ3v) is 6.47. The first-order valence-corrected chi connectivity index (χ1v) is 10.8. The summed E-state index contributed by atoms with van der Waals surface area (Å²) in [6, 6.07) is 16.9. The zero-order valence-electron chi connectivity index (χ0n) is 14.9. The van der Waals surface area contributed by atoms with Crippen LogP contribution in [0.3, 0.4) is 0 Å². The molecule has 3 rings (SSSR count). The third-order valence-electron chi connectivity index (χ3n) is 3.94. The number of carbonyl (C=O) groups is 2. The number of rotatable bonds is 6. The van der Waals surface area contributed by atoms with Crippen LogP contribution in [-0.2, 0) is 19.4 Å². The smallest absolute Gasteiger partial charge is 0.341 e. The quantitative estimate of drug-likeness (QED) is 0.621. The Morgan fingerprint density at radius 3 is 2.21 bits per heavy atom. The molecule has 8 heteroatoms. The van der Waals surface area contributed by atoms with Crippen molar-refractivity contribution in [2.24, 2.45) is 0 Å². The molecule has 1 aromatic heterocycles. The van der Waals surface area contributed by atoms with Crippen LogP contribution in [0.15, 0.2) is 70.9 Å². The van der Waals surface area contributed by atoms with Crippen LogP contribution in [0.2, 0.25) is 0 Å². The minimum atomic E-state index is -3.79. The molecule has 2 aromatic carbocycles. The van der Waals surface area contributed by atoms with Crippen LogP contribution >= 0.6 is 11.3 Å². The van der Waals surface area contributed by atoms with E-state index in [2.05, 4.69) is 5.32 Å².